The van der Waals surface area contributed by atoms with Crippen molar-refractivity contribution in [2.45, 2.75) is 82.0 Å². The third-order valence-electron chi connectivity index (χ3n) is 7.53. The summed E-state index contributed by atoms with van der Waals surface area (Å²) in [6.07, 6.45) is 6.63. The number of sulfonamides is 1. The maximum atomic E-state index is 13.5. The maximum absolute atomic E-state index is 13.5. The van der Waals surface area contributed by atoms with Crippen LogP contribution in [0, 0.1) is 0 Å². The lowest BCUT2D eigenvalue weighted by atomic mass is 10.0. The van der Waals surface area contributed by atoms with Gasteiger partial charge in [-0.3, -0.25) is 0 Å². The first-order valence-electron chi connectivity index (χ1n) is 12.5. The Balaban J connectivity index is 1.66. The molecular weight excluding hydrogens is 446 g/mol. The van der Waals surface area contributed by atoms with Crippen LogP contribution in [0.1, 0.15) is 65.7 Å². The lowest BCUT2D eigenvalue weighted by Gasteiger charge is -2.44. The molecular formula is C27H39NO3SSi. The summed E-state index contributed by atoms with van der Waals surface area (Å²) in [5.41, 5.74) is 0. The fourth-order valence-corrected chi connectivity index (χ4v) is 12.7. The topological polar surface area (TPSA) is 46.6 Å². The summed E-state index contributed by atoms with van der Waals surface area (Å²) < 4.78 is 36.0. The normalized spacial score (nSPS) is 21.4. The molecule has 0 aromatic heterocycles. The van der Waals surface area contributed by atoms with Crippen LogP contribution in [-0.2, 0) is 14.4 Å². The summed E-state index contributed by atoms with van der Waals surface area (Å²) in [7, 11) is -5.94. The van der Waals surface area contributed by atoms with E-state index >= 15 is 0 Å². The number of rotatable bonds is 7. The fourth-order valence-electron chi connectivity index (χ4n) is 5.85. The third-order valence-corrected chi connectivity index (χ3v) is 15.0. The van der Waals surface area contributed by atoms with E-state index in [9.17, 15) is 8.42 Å². The first kappa shape index (κ1) is 24.6. The second-order valence-corrected chi connectivity index (χ2v) is 17.2. The molecule has 4 nitrogen and oxygen atoms in total. The van der Waals surface area contributed by atoms with Crippen molar-refractivity contribution < 1.29 is 12.8 Å². The summed E-state index contributed by atoms with van der Waals surface area (Å²) in [5.74, 6) is 0. The van der Waals surface area contributed by atoms with Gasteiger partial charge in [0.1, 0.15) is 0 Å². The first-order valence-corrected chi connectivity index (χ1v) is 15.9. The molecule has 2 aromatic carbocycles. The van der Waals surface area contributed by atoms with Gasteiger partial charge in [-0.15, -0.1) is 0 Å². The summed E-state index contributed by atoms with van der Waals surface area (Å²) >= 11 is 0. The highest BCUT2D eigenvalue weighted by atomic mass is 32.2. The zero-order valence-electron chi connectivity index (χ0n) is 20.4. The first-order chi connectivity index (χ1) is 15.8. The number of hydrogen-bond donors (Lipinski definition) is 0. The highest BCUT2D eigenvalue weighted by Gasteiger charge is 2.51. The van der Waals surface area contributed by atoms with Crippen LogP contribution in [0.5, 0.6) is 0 Å². The molecule has 1 atom stereocenters. The van der Waals surface area contributed by atoms with Gasteiger partial charge in [-0.25, -0.2) is 8.42 Å². The highest BCUT2D eigenvalue weighted by molar-refractivity contribution is 7.89. The second kappa shape index (κ2) is 10.0. The minimum absolute atomic E-state index is 0.0708. The van der Waals surface area contributed by atoms with Crippen molar-refractivity contribution in [3.8, 4) is 0 Å². The average Bonchev–Trinajstić information content (AvgIpc) is 3.30. The molecule has 1 saturated carbocycles. The van der Waals surface area contributed by atoms with Crippen LogP contribution in [0.3, 0.4) is 0 Å². The Morgan fingerprint density at radius 2 is 1.39 bits per heavy atom. The summed E-state index contributed by atoms with van der Waals surface area (Å²) in [6, 6.07) is 21.1. The largest absolute Gasteiger partial charge is 0.406 e. The minimum Gasteiger partial charge on any atom is -0.406 e. The molecule has 1 aliphatic carbocycles. The molecule has 4 rings (SSSR count). The Kier molecular flexibility index (Phi) is 7.49. The fraction of sp³-hybridized carbons (Fsp3) is 0.556. The molecule has 0 unspecified atom stereocenters. The van der Waals surface area contributed by atoms with Gasteiger partial charge in [0.15, 0.2) is 0 Å². The molecule has 6 heteroatoms. The van der Waals surface area contributed by atoms with Crippen LogP contribution in [-0.4, -0.2) is 45.5 Å². The number of nitrogens with zero attached hydrogens (tertiary/aromatic N) is 1. The van der Waals surface area contributed by atoms with Gasteiger partial charge in [0, 0.05) is 12.6 Å². The van der Waals surface area contributed by atoms with Crippen LogP contribution >= 0.6 is 0 Å². The monoisotopic (exact) mass is 485 g/mol. The average molecular weight is 486 g/mol. The lowest BCUT2D eigenvalue weighted by Crippen LogP contribution is -2.67. The standard InChI is InChI=1S/C27H39NO3SSi/c1-27(2,3)33(25-17-9-5-10-18-25,26-19-11-6-12-20-26)31-22-23-14-13-21-28(23)32(29,30)24-15-7-4-8-16-24/h5-6,9-12,17-20,23-24H,4,7-8,13-16,21-22H2,1-3H3/t23-/m1/s1. The smallest absolute Gasteiger partial charge is 0.261 e. The Hall–Kier alpha value is -1.47. The van der Waals surface area contributed by atoms with E-state index in [0.29, 0.717) is 13.2 Å². The van der Waals surface area contributed by atoms with Crippen LogP contribution in [0.25, 0.3) is 0 Å². The quantitative estimate of drug-likeness (QED) is 0.535. The molecule has 2 aromatic rings. The minimum atomic E-state index is -3.27. The molecule has 33 heavy (non-hydrogen) atoms. The van der Waals surface area contributed by atoms with E-state index in [2.05, 4.69) is 69.3 Å². The van der Waals surface area contributed by atoms with Crippen molar-refractivity contribution in [2.75, 3.05) is 13.2 Å². The van der Waals surface area contributed by atoms with E-state index in [1.165, 1.54) is 10.4 Å². The highest BCUT2D eigenvalue weighted by Crippen LogP contribution is 2.38. The SMILES string of the molecule is CC(C)(C)[Si](OC[C@H]1CCCN1S(=O)(=O)C1CCCCC1)(c1ccccc1)c1ccccc1. The van der Waals surface area contributed by atoms with Crippen LogP contribution in [0.15, 0.2) is 60.7 Å². The van der Waals surface area contributed by atoms with Gasteiger partial charge in [-0.2, -0.15) is 4.31 Å². The van der Waals surface area contributed by atoms with Crippen molar-refractivity contribution in [2.24, 2.45) is 0 Å². The molecule has 2 aliphatic rings. The van der Waals surface area contributed by atoms with Crippen molar-refractivity contribution in [3.05, 3.63) is 60.7 Å². The second-order valence-electron chi connectivity index (χ2n) is 10.7. The van der Waals surface area contributed by atoms with Crippen LogP contribution < -0.4 is 10.4 Å². The number of benzene rings is 2. The molecule has 0 bridgehead atoms. The van der Waals surface area contributed by atoms with E-state index in [1.54, 1.807) is 4.31 Å². The Bertz CT molecular complexity index is 959. The third kappa shape index (κ3) is 4.86. The Morgan fingerprint density at radius 1 is 0.848 bits per heavy atom. The van der Waals surface area contributed by atoms with Gasteiger partial charge < -0.3 is 4.43 Å². The van der Waals surface area contributed by atoms with Gasteiger partial charge in [-0.05, 0) is 41.1 Å². The van der Waals surface area contributed by atoms with E-state index in [4.69, 9.17) is 4.43 Å². The van der Waals surface area contributed by atoms with Gasteiger partial charge in [-0.1, -0.05) is 101 Å². The summed E-state index contributed by atoms with van der Waals surface area (Å²) in [4.78, 5) is 0. The van der Waals surface area contributed by atoms with Crippen molar-refractivity contribution >= 4 is 28.7 Å². The van der Waals surface area contributed by atoms with E-state index in [-0.39, 0.29) is 16.3 Å². The zero-order chi connectivity index (χ0) is 23.5. The molecule has 0 N–H and O–H groups in total. The molecule has 0 spiro atoms. The lowest BCUT2D eigenvalue weighted by molar-refractivity contribution is 0.219. The van der Waals surface area contributed by atoms with E-state index in [0.717, 1.165) is 44.9 Å². The van der Waals surface area contributed by atoms with Gasteiger partial charge in [0.25, 0.3) is 8.32 Å². The Morgan fingerprint density at radius 3 is 1.91 bits per heavy atom. The zero-order valence-corrected chi connectivity index (χ0v) is 22.2. The van der Waals surface area contributed by atoms with E-state index in [1.807, 2.05) is 12.1 Å². The van der Waals surface area contributed by atoms with Gasteiger partial charge >= 0.3 is 0 Å². The van der Waals surface area contributed by atoms with Gasteiger partial charge in [0.05, 0.1) is 11.9 Å². The number of hydrogen-bond acceptors (Lipinski definition) is 3. The van der Waals surface area contributed by atoms with Crippen LogP contribution in [0.4, 0.5) is 0 Å². The molecule has 1 aliphatic heterocycles. The molecule has 180 valence electrons. The van der Waals surface area contributed by atoms with Crippen molar-refractivity contribution in [1.29, 1.82) is 0 Å². The molecule has 0 amide bonds. The summed E-state index contributed by atoms with van der Waals surface area (Å²) in [5, 5.41) is 2.16. The molecule has 1 saturated heterocycles. The molecule has 0 radical (unpaired) electrons. The van der Waals surface area contributed by atoms with Gasteiger partial charge in [0.2, 0.25) is 10.0 Å². The molecule has 1 heterocycles. The van der Waals surface area contributed by atoms with E-state index < -0.39 is 18.3 Å². The maximum Gasteiger partial charge on any atom is 0.261 e. The van der Waals surface area contributed by atoms with Crippen molar-refractivity contribution in [3.63, 3.8) is 0 Å². The predicted octanol–water partition coefficient (Wildman–Crippen LogP) is 4.69. The molecule has 2 fully saturated rings. The Labute approximate surface area is 201 Å². The predicted molar refractivity (Wildman–Crippen MR) is 139 cm³/mol. The van der Waals surface area contributed by atoms with Crippen LogP contribution in [0.2, 0.25) is 5.04 Å². The summed E-state index contributed by atoms with van der Waals surface area (Å²) in [6.45, 7) is 7.89. The van der Waals surface area contributed by atoms with Crippen molar-refractivity contribution in [1.82, 2.24) is 4.31 Å².